The van der Waals surface area contributed by atoms with Gasteiger partial charge in [-0.15, -0.1) is 0 Å². The van der Waals surface area contributed by atoms with Gasteiger partial charge in [0.2, 0.25) is 11.8 Å². The van der Waals surface area contributed by atoms with E-state index in [9.17, 15) is 9.59 Å². The summed E-state index contributed by atoms with van der Waals surface area (Å²) >= 11 is 0. The number of methoxy groups -OCH3 is 2. The first-order valence-electron chi connectivity index (χ1n) is 18.8. The van der Waals surface area contributed by atoms with Gasteiger partial charge in [-0.05, 0) is 21.9 Å². The lowest BCUT2D eigenvalue weighted by Gasteiger charge is -2.22. The lowest BCUT2D eigenvalue weighted by Crippen LogP contribution is -2.49. The zero-order valence-electron chi connectivity index (χ0n) is 32.2. The Kier molecular flexibility index (Phi) is 24.8. The van der Waals surface area contributed by atoms with Gasteiger partial charge in [-0.3, -0.25) is 14.5 Å². The molecular weight excluding hydrogens is 694 g/mol. The lowest BCUT2D eigenvalue weighted by molar-refractivity contribution is -0.128. The molecule has 0 fully saturated rings. The number of fused-ring (bicyclic) bond motifs is 1. The SMILES string of the molecule is COCCOCCOCCN(CCOCCOCCNC(=O)[C@H](Cc1ccccc1)NC(=O)Cc1cccc2ccccc12)CCOCCOCCOC. The van der Waals surface area contributed by atoms with Gasteiger partial charge in [0.1, 0.15) is 6.04 Å². The predicted molar refractivity (Wildman–Crippen MR) is 208 cm³/mol. The predicted octanol–water partition coefficient (Wildman–Crippen LogP) is 2.92. The molecule has 1 atom stereocenters. The van der Waals surface area contributed by atoms with E-state index < -0.39 is 6.04 Å². The van der Waals surface area contributed by atoms with Crippen molar-refractivity contribution in [3.63, 3.8) is 0 Å². The summed E-state index contributed by atoms with van der Waals surface area (Å²) in [6.07, 6.45) is 0.559. The topological polar surface area (TPSA) is 135 Å². The van der Waals surface area contributed by atoms with E-state index in [0.717, 1.165) is 35.0 Å². The van der Waals surface area contributed by atoms with E-state index in [2.05, 4.69) is 15.5 Å². The fourth-order valence-electron chi connectivity index (χ4n) is 5.46. The van der Waals surface area contributed by atoms with Crippen molar-refractivity contribution in [1.82, 2.24) is 15.5 Å². The minimum absolute atomic E-state index is 0.179. The minimum Gasteiger partial charge on any atom is -0.382 e. The highest BCUT2D eigenvalue weighted by Crippen LogP contribution is 2.19. The monoisotopic (exact) mass is 755 g/mol. The Bertz CT molecular complexity index is 1370. The Labute approximate surface area is 320 Å². The fraction of sp³-hybridized carbons (Fsp3) is 0.561. The summed E-state index contributed by atoms with van der Waals surface area (Å²) < 4.78 is 43.9. The van der Waals surface area contributed by atoms with Crippen molar-refractivity contribution in [3.8, 4) is 0 Å². The molecule has 2 N–H and O–H groups in total. The van der Waals surface area contributed by atoms with Gasteiger partial charge in [-0.1, -0.05) is 72.8 Å². The standard InChI is InChI=1S/C41H61N3O10/c1-47-23-25-53-31-29-51-21-17-44(18-22-52-30-32-54-26-24-48-2)16-20-50-28-27-49-19-15-42-41(46)39(33-35-9-4-3-5-10-35)43-40(45)34-37-13-8-12-36-11-6-7-14-38(36)37/h3-14,39H,15-34H2,1-2H3,(H,42,46)(H,43,45)/t39-/m0/s1. The van der Waals surface area contributed by atoms with E-state index >= 15 is 0 Å². The number of ether oxygens (including phenoxy) is 8. The second-order valence-corrected chi connectivity index (χ2v) is 12.4. The van der Waals surface area contributed by atoms with Crippen molar-refractivity contribution >= 4 is 22.6 Å². The molecule has 2 amide bonds. The third-order valence-electron chi connectivity index (χ3n) is 8.35. The maximum atomic E-state index is 13.3. The van der Waals surface area contributed by atoms with Crippen LogP contribution in [0.1, 0.15) is 11.1 Å². The molecule has 13 nitrogen and oxygen atoms in total. The van der Waals surface area contributed by atoms with Crippen LogP contribution >= 0.6 is 0 Å². The van der Waals surface area contributed by atoms with Crippen LogP contribution in [0, 0.1) is 0 Å². The number of hydrogen-bond acceptors (Lipinski definition) is 11. The highest BCUT2D eigenvalue weighted by atomic mass is 16.5. The summed E-state index contributed by atoms with van der Waals surface area (Å²) in [7, 11) is 3.29. The van der Waals surface area contributed by atoms with Crippen molar-refractivity contribution in [2.75, 3.05) is 133 Å². The van der Waals surface area contributed by atoms with Crippen LogP contribution in [0.2, 0.25) is 0 Å². The van der Waals surface area contributed by atoms with E-state index in [1.165, 1.54) is 0 Å². The molecule has 0 radical (unpaired) electrons. The van der Waals surface area contributed by atoms with Crippen LogP contribution in [-0.4, -0.2) is 156 Å². The molecule has 300 valence electrons. The van der Waals surface area contributed by atoms with Gasteiger partial charge in [0, 0.05) is 46.8 Å². The molecule has 3 aromatic rings. The molecule has 0 aromatic heterocycles. The van der Waals surface area contributed by atoms with Gasteiger partial charge in [0.25, 0.3) is 0 Å². The molecule has 0 saturated carbocycles. The second-order valence-electron chi connectivity index (χ2n) is 12.4. The van der Waals surface area contributed by atoms with Crippen LogP contribution < -0.4 is 10.6 Å². The molecule has 3 aromatic carbocycles. The summed E-state index contributed by atoms with van der Waals surface area (Å²) in [5, 5.41) is 7.99. The van der Waals surface area contributed by atoms with Gasteiger partial charge in [-0.25, -0.2) is 0 Å². The highest BCUT2D eigenvalue weighted by Gasteiger charge is 2.21. The van der Waals surface area contributed by atoms with Crippen LogP contribution in [0.3, 0.4) is 0 Å². The maximum Gasteiger partial charge on any atom is 0.243 e. The number of carbonyl (C=O) groups is 2. The van der Waals surface area contributed by atoms with Gasteiger partial charge in [-0.2, -0.15) is 0 Å². The van der Waals surface area contributed by atoms with Crippen molar-refractivity contribution in [1.29, 1.82) is 0 Å². The van der Waals surface area contributed by atoms with Crippen molar-refractivity contribution in [2.24, 2.45) is 0 Å². The van der Waals surface area contributed by atoms with Crippen LogP contribution in [0.5, 0.6) is 0 Å². The van der Waals surface area contributed by atoms with Gasteiger partial charge in [0.05, 0.1) is 98.9 Å². The Balaban J connectivity index is 1.33. The minimum atomic E-state index is -0.722. The summed E-state index contributed by atoms with van der Waals surface area (Å²) in [5.41, 5.74) is 1.88. The second kappa shape index (κ2) is 29.8. The number of rotatable bonds is 33. The molecule has 0 spiro atoms. The molecule has 13 heteroatoms. The van der Waals surface area contributed by atoms with E-state index in [1.54, 1.807) is 14.2 Å². The molecule has 0 aliphatic heterocycles. The number of nitrogens with one attached hydrogen (secondary N) is 2. The van der Waals surface area contributed by atoms with Crippen molar-refractivity contribution in [2.45, 2.75) is 18.9 Å². The van der Waals surface area contributed by atoms with Crippen LogP contribution in [0.15, 0.2) is 72.8 Å². The Morgan fingerprint density at radius 2 is 1.07 bits per heavy atom. The summed E-state index contributed by atoms with van der Waals surface area (Å²) in [6, 6.07) is 22.8. The summed E-state index contributed by atoms with van der Waals surface area (Å²) in [5.74, 6) is -0.462. The van der Waals surface area contributed by atoms with Gasteiger partial charge >= 0.3 is 0 Å². The van der Waals surface area contributed by atoms with Crippen molar-refractivity contribution < 1.29 is 47.5 Å². The van der Waals surface area contributed by atoms with Crippen LogP contribution in [0.25, 0.3) is 10.8 Å². The number of amides is 2. The average Bonchev–Trinajstić information content (AvgIpc) is 3.19. The molecule has 0 bridgehead atoms. The van der Waals surface area contributed by atoms with Gasteiger partial charge in [0.15, 0.2) is 0 Å². The average molecular weight is 756 g/mol. The van der Waals surface area contributed by atoms with Crippen molar-refractivity contribution in [3.05, 3.63) is 83.9 Å². The van der Waals surface area contributed by atoms with E-state index in [-0.39, 0.29) is 18.2 Å². The molecule has 0 aliphatic rings. The molecule has 3 rings (SSSR count). The molecule has 0 aliphatic carbocycles. The van der Waals surface area contributed by atoms with Crippen LogP contribution in [-0.2, 0) is 60.3 Å². The largest absolute Gasteiger partial charge is 0.382 e. The summed E-state index contributed by atoms with van der Waals surface area (Å²) in [4.78, 5) is 28.7. The van der Waals surface area contributed by atoms with E-state index in [1.807, 2.05) is 72.8 Å². The van der Waals surface area contributed by atoms with E-state index in [4.69, 9.17) is 37.9 Å². The molecule has 0 unspecified atom stereocenters. The molecule has 54 heavy (non-hydrogen) atoms. The first-order valence-corrected chi connectivity index (χ1v) is 18.8. The molecule has 0 heterocycles. The van der Waals surface area contributed by atoms with E-state index in [0.29, 0.717) is 112 Å². The molecule has 0 saturated heterocycles. The first kappa shape index (κ1) is 44.9. The smallest absolute Gasteiger partial charge is 0.243 e. The van der Waals surface area contributed by atoms with Crippen LogP contribution in [0.4, 0.5) is 0 Å². The fourth-order valence-corrected chi connectivity index (χ4v) is 5.46. The summed E-state index contributed by atoms with van der Waals surface area (Å²) in [6.45, 7) is 9.65. The Morgan fingerprint density at radius 1 is 0.574 bits per heavy atom. The normalized spacial score (nSPS) is 12.0. The number of carbonyl (C=O) groups excluding carboxylic acids is 2. The third kappa shape index (κ3) is 20.3. The highest BCUT2D eigenvalue weighted by molar-refractivity contribution is 5.92. The van der Waals surface area contributed by atoms with Gasteiger partial charge < -0.3 is 48.5 Å². The Morgan fingerprint density at radius 3 is 1.67 bits per heavy atom. The maximum absolute atomic E-state index is 13.3. The lowest BCUT2D eigenvalue weighted by atomic mass is 10.0. The number of benzene rings is 3. The zero-order valence-corrected chi connectivity index (χ0v) is 32.2. The quantitative estimate of drug-likeness (QED) is 0.0890. The first-order chi connectivity index (χ1) is 26.6. The Hall–Kier alpha value is -3.50. The number of hydrogen-bond donors (Lipinski definition) is 2. The molecular formula is C41H61N3O10. The number of nitrogens with zero attached hydrogens (tertiary/aromatic N) is 1. The third-order valence-corrected chi connectivity index (χ3v) is 8.35. The zero-order chi connectivity index (χ0) is 38.3.